The third-order valence-corrected chi connectivity index (χ3v) is 9.72. The molecule has 2 aliphatic carbocycles. The lowest BCUT2D eigenvalue weighted by molar-refractivity contribution is -0.113. The third kappa shape index (κ3) is 4.55. The van der Waals surface area contributed by atoms with Crippen LogP contribution in [0.15, 0.2) is 11.4 Å². The molecule has 0 aliphatic heterocycles. The first-order valence-electron chi connectivity index (χ1n) is 11.5. The van der Waals surface area contributed by atoms with Crippen LogP contribution >= 0.6 is 34.4 Å². The zero-order valence-electron chi connectivity index (χ0n) is 18.9. The van der Waals surface area contributed by atoms with Crippen molar-refractivity contribution >= 4 is 62.2 Å². The summed E-state index contributed by atoms with van der Waals surface area (Å²) in [4.78, 5) is 38.7. The number of nitrogens with zero attached hydrogens (tertiary/aromatic N) is 2. The van der Waals surface area contributed by atoms with Crippen molar-refractivity contribution in [2.45, 2.75) is 63.8 Å². The standard InChI is InChI=1S/C24H27N3O3S3/c1-3-30-24(29)21-20(15-9-8-13(2)10-17(15)32-21)27-18(28)11-31-22-19-14-6-4-5-7-16(14)33-23(19)26-12-25-22/h12-13H,3-11H2,1-2H3,(H,27,28). The van der Waals surface area contributed by atoms with Gasteiger partial charge in [-0.25, -0.2) is 14.8 Å². The highest BCUT2D eigenvalue weighted by Crippen LogP contribution is 2.41. The molecule has 1 unspecified atom stereocenters. The van der Waals surface area contributed by atoms with E-state index in [9.17, 15) is 9.59 Å². The van der Waals surface area contributed by atoms with E-state index in [2.05, 4.69) is 22.2 Å². The summed E-state index contributed by atoms with van der Waals surface area (Å²) in [6.45, 7) is 4.34. The van der Waals surface area contributed by atoms with Gasteiger partial charge >= 0.3 is 5.97 Å². The number of carbonyl (C=O) groups is 2. The summed E-state index contributed by atoms with van der Waals surface area (Å²) in [5, 5.41) is 5.06. The van der Waals surface area contributed by atoms with Crippen molar-refractivity contribution in [2.75, 3.05) is 17.7 Å². The monoisotopic (exact) mass is 501 g/mol. The number of thioether (sulfide) groups is 1. The SMILES string of the molecule is CCOC(=O)c1sc2c(c1NC(=O)CSc1ncnc3sc4c(c13)CCCC4)CCC(C)C2. The predicted molar refractivity (Wildman–Crippen MR) is 135 cm³/mol. The minimum atomic E-state index is -0.352. The Bertz CT molecular complexity index is 1220. The van der Waals surface area contributed by atoms with Crippen molar-refractivity contribution in [3.05, 3.63) is 32.1 Å². The Kier molecular flexibility index (Phi) is 6.72. The van der Waals surface area contributed by atoms with E-state index >= 15 is 0 Å². The minimum absolute atomic E-state index is 0.124. The average Bonchev–Trinajstić information content (AvgIpc) is 3.36. The summed E-state index contributed by atoms with van der Waals surface area (Å²) in [5.74, 6) is 0.345. The number of nitrogens with one attached hydrogen (secondary N) is 1. The fraction of sp³-hybridized carbons (Fsp3) is 0.500. The molecule has 174 valence electrons. The molecule has 3 aromatic heterocycles. The number of hydrogen-bond acceptors (Lipinski definition) is 8. The number of aryl methyl sites for hydroxylation is 2. The van der Waals surface area contributed by atoms with E-state index < -0.39 is 0 Å². The second-order valence-corrected chi connectivity index (χ2v) is 11.8. The molecule has 0 aromatic carbocycles. The first-order chi connectivity index (χ1) is 16.0. The smallest absolute Gasteiger partial charge is 0.350 e. The lowest BCUT2D eigenvalue weighted by Gasteiger charge is -2.19. The maximum absolute atomic E-state index is 13.0. The number of rotatable bonds is 6. The number of fused-ring (bicyclic) bond motifs is 4. The molecule has 0 fully saturated rings. The number of aromatic nitrogens is 2. The fourth-order valence-corrected chi connectivity index (χ4v) is 8.18. The number of thiophene rings is 2. The number of carbonyl (C=O) groups excluding carboxylic acids is 2. The van der Waals surface area contributed by atoms with Gasteiger partial charge in [-0.3, -0.25) is 4.79 Å². The van der Waals surface area contributed by atoms with Crippen LogP contribution in [0.25, 0.3) is 10.2 Å². The quantitative estimate of drug-likeness (QED) is 0.266. The van der Waals surface area contributed by atoms with Crippen molar-refractivity contribution in [3.63, 3.8) is 0 Å². The Morgan fingerprint density at radius 2 is 2.00 bits per heavy atom. The van der Waals surface area contributed by atoms with Crippen molar-refractivity contribution in [1.29, 1.82) is 0 Å². The van der Waals surface area contributed by atoms with Crippen molar-refractivity contribution in [2.24, 2.45) is 5.92 Å². The molecule has 0 radical (unpaired) electrons. The Labute approximate surface area is 205 Å². The topological polar surface area (TPSA) is 81.2 Å². The van der Waals surface area contributed by atoms with Crippen LogP contribution in [0, 0.1) is 5.92 Å². The molecule has 0 bridgehead atoms. The van der Waals surface area contributed by atoms with Gasteiger partial charge in [-0.1, -0.05) is 18.7 Å². The summed E-state index contributed by atoms with van der Waals surface area (Å²) >= 11 is 4.69. The molecule has 1 atom stereocenters. The molecule has 0 saturated carbocycles. The Balaban J connectivity index is 1.36. The second kappa shape index (κ2) is 9.72. The molecule has 6 nitrogen and oxygen atoms in total. The number of hydrogen-bond donors (Lipinski definition) is 1. The van der Waals surface area contributed by atoms with Gasteiger partial charge in [0, 0.05) is 15.1 Å². The van der Waals surface area contributed by atoms with Gasteiger partial charge in [0.2, 0.25) is 5.91 Å². The highest BCUT2D eigenvalue weighted by molar-refractivity contribution is 8.00. The van der Waals surface area contributed by atoms with E-state index in [0.29, 0.717) is 23.1 Å². The zero-order chi connectivity index (χ0) is 22.9. The molecule has 2 aliphatic rings. The molecule has 5 rings (SSSR count). The van der Waals surface area contributed by atoms with E-state index in [1.807, 2.05) is 0 Å². The first kappa shape index (κ1) is 22.8. The van der Waals surface area contributed by atoms with Crippen molar-refractivity contribution in [3.8, 4) is 0 Å². The van der Waals surface area contributed by atoms with Crippen LogP contribution in [0.3, 0.4) is 0 Å². The number of ether oxygens (including phenoxy) is 1. The predicted octanol–water partition coefficient (Wildman–Crippen LogP) is 5.66. The van der Waals surface area contributed by atoms with Crippen LogP contribution in [0.5, 0.6) is 0 Å². The Morgan fingerprint density at radius 3 is 2.85 bits per heavy atom. The normalized spacial score (nSPS) is 17.5. The molecule has 0 spiro atoms. The van der Waals surface area contributed by atoms with Gasteiger partial charge in [0.15, 0.2) is 0 Å². The molecular weight excluding hydrogens is 474 g/mol. The number of amides is 1. The van der Waals surface area contributed by atoms with E-state index in [4.69, 9.17) is 4.74 Å². The zero-order valence-corrected chi connectivity index (χ0v) is 21.3. The Hall–Kier alpha value is -1.97. The second-order valence-electron chi connectivity index (χ2n) is 8.68. The summed E-state index contributed by atoms with van der Waals surface area (Å²) in [6.07, 6.45) is 9.07. The maximum Gasteiger partial charge on any atom is 0.350 e. The van der Waals surface area contributed by atoms with Crippen LogP contribution in [-0.4, -0.2) is 34.2 Å². The van der Waals surface area contributed by atoms with Gasteiger partial charge in [0.25, 0.3) is 0 Å². The summed E-state index contributed by atoms with van der Waals surface area (Å²) < 4.78 is 5.28. The molecule has 1 amide bonds. The lowest BCUT2D eigenvalue weighted by Crippen LogP contribution is -2.18. The molecule has 9 heteroatoms. The van der Waals surface area contributed by atoms with E-state index in [1.165, 1.54) is 51.3 Å². The fourth-order valence-electron chi connectivity index (χ4n) is 4.70. The van der Waals surface area contributed by atoms with Gasteiger partial charge < -0.3 is 10.1 Å². The van der Waals surface area contributed by atoms with E-state index in [-0.39, 0.29) is 17.6 Å². The molecular formula is C24H27N3O3S3. The van der Waals surface area contributed by atoms with Crippen molar-refractivity contribution < 1.29 is 14.3 Å². The summed E-state index contributed by atoms with van der Waals surface area (Å²) in [5.41, 5.74) is 3.14. The van der Waals surface area contributed by atoms with Gasteiger partial charge in [-0.15, -0.1) is 22.7 Å². The van der Waals surface area contributed by atoms with Crippen LogP contribution in [0.2, 0.25) is 0 Å². The number of anilines is 1. The van der Waals surface area contributed by atoms with E-state index in [1.54, 1.807) is 24.6 Å². The highest BCUT2D eigenvalue weighted by atomic mass is 32.2. The van der Waals surface area contributed by atoms with E-state index in [0.717, 1.165) is 52.9 Å². The highest BCUT2D eigenvalue weighted by Gasteiger charge is 2.29. The molecule has 1 N–H and O–H groups in total. The minimum Gasteiger partial charge on any atom is -0.462 e. The van der Waals surface area contributed by atoms with Crippen LogP contribution < -0.4 is 5.32 Å². The van der Waals surface area contributed by atoms with Crippen molar-refractivity contribution in [1.82, 2.24) is 9.97 Å². The van der Waals surface area contributed by atoms with Crippen LogP contribution in [0.4, 0.5) is 5.69 Å². The summed E-state index contributed by atoms with van der Waals surface area (Å²) in [7, 11) is 0. The third-order valence-electron chi connectivity index (χ3n) is 6.29. The Morgan fingerprint density at radius 1 is 1.15 bits per heavy atom. The van der Waals surface area contributed by atoms with Gasteiger partial charge in [0.1, 0.15) is 21.1 Å². The average molecular weight is 502 g/mol. The van der Waals surface area contributed by atoms with Gasteiger partial charge in [-0.05, 0) is 68.9 Å². The van der Waals surface area contributed by atoms with Crippen LogP contribution in [0.1, 0.15) is 63.7 Å². The first-order valence-corrected chi connectivity index (χ1v) is 14.2. The lowest BCUT2D eigenvalue weighted by atomic mass is 9.89. The van der Waals surface area contributed by atoms with Gasteiger partial charge in [-0.2, -0.15) is 0 Å². The van der Waals surface area contributed by atoms with Gasteiger partial charge in [0.05, 0.1) is 18.0 Å². The summed E-state index contributed by atoms with van der Waals surface area (Å²) in [6, 6.07) is 0. The molecule has 33 heavy (non-hydrogen) atoms. The molecule has 0 saturated heterocycles. The largest absolute Gasteiger partial charge is 0.462 e. The van der Waals surface area contributed by atoms with Crippen LogP contribution in [-0.2, 0) is 35.2 Å². The molecule has 3 heterocycles. The molecule has 3 aromatic rings. The maximum atomic E-state index is 13.0. The number of esters is 1.